The van der Waals surface area contributed by atoms with E-state index < -0.39 is 23.6 Å². The van der Waals surface area contributed by atoms with Gasteiger partial charge in [-0.3, -0.25) is 9.59 Å². The highest BCUT2D eigenvalue weighted by Crippen LogP contribution is 2.30. The lowest BCUT2D eigenvalue weighted by atomic mass is 10.1. The Labute approximate surface area is 142 Å². The van der Waals surface area contributed by atoms with E-state index >= 15 is 0 Å². The average Bonchev–Trinajstić information content (AvgIpc) is 2.59. The number of carbonyl (C=O) groups excluding carboxylic acids is 2. The Morgan fingerprint density at radius 2 is 1.60 bits per heavy atom. The van der Waals surface area contributed by atoms with E-state index in [0.717, 1.165) is 12.1 Å². The van der Waals surface area contributed by atoms with Crippen LogP contribution in [0.15, 0.2) is 54.6 Å². The van der Waals surface area contributed by atoms with Crippen LogP contribution in [0, 0.1) is 0 Å². The molecule has 0 radical (unpaired) electrons. The molecular weight excluding hydrogens is 333 g/mol. The molecule has 1 fully saturated rings. The van der Waals surface area contributed by atoms with Gasteiger partial charge in [0.25, 0.3) is 0 Å². The van der Waals surface area contributed by atoms with Gasteiger partial charge < -0.3 is 9.80 Å². The first-order chi connectivity index (χ1) is 11.9. The highest BCUT2D eigenvalue weighted by atomic mass is 19.4. The fourth-order valence-corrected chi connectivity index (χ4v) is 2.75. The molecule has 0 saturated carbocycles. The molecule has 0 unspecified atom stereocenters. The number of para-hydroxylation sites is 1. The smallest absolute Gasteiger partial charge is 0.328 e. The van der Waals surface area contributed by atoms with Crippen molar-refractivity contribution in [1.82, 2.24) is 4.90 Å². The topological polar surface area (TPSA) is 40.6 Å². The third-order valence-electron chi connectivity index (χ3n) is 4.00. The summed E-state index contributed by atoms with van der Waals surface area (Å²) >= 11 is 0. The van der Waals surface area contributed by atoms with Crippen molar-refractivity contribution >= 4 is 17.5 Å². The second-order valence-electron chi connectivity index (χ2n) is 5.72. The van der Waals surface area contributed by atoms with Gasteiger partial charge in [-0.05, 0) is 29.8 Å². The summed E-state index contributed by atoms with van der Waals surface area (Å²) in [7, 11) is 0. The first-order valence-corrected chi connectivity index (χ1v) is 7.68. The molecule has 0 spiro atoms. The molecule has 3 rings (SSSR count). The van der Waals surface area contributed by atoms with Crippen LogP contribution in [0.25, 0.3) is 0 Å². The number of hydrogen-bond acceptors (Lipinski definition) is 2. The van der Waals surface area contributed by atoms with Gasteiger partial charge in [-0.25, -0.2) is 0 Å². The number of alkyl halides is 3. The highest BCUT2D eigenvalue weighted by Gasteiger charge is 2.34. The number of benzene rings is 2. The van der Waals surface area contributed by atoms with E-state index in [2.05, 4.69) is 0 Å². The van der Waals surface area contributed by atoms with Crippen molar-refractivity contribution in [1.29, 1.82) is 0 Å². The van der Waals surface area contributed by atoms with Gasteiger partial charge in [-0.1, -0.05) is 30.3 Å². The Hall–Kier alpha value is -2.83. The third-order valence-corrected chi connectivity index (χ3v) is 4.00. The molecule has 0 aliphatic carbocycles. The van der Waals surface area contributed by atoms with Crippen LogP contribution in [0.3, 0.4) is 0 Å². The number of anilines is 1. The summed E-state index contributed by atoms with van der Waals surface area (Å²) in [5.74, 6) is -1.39. The van der Waals surface area contributed by atoms with Crippen molar-refractivity contribution in [2.75, 3.05) is 18.0 Å². The fraction of sp³-hybridized carbons (Fsp3) is 0.222. The lowest BCUT2D eigenvalue weighted by molar-refractivity contribution is -0.146. The monoisotopic (exact) mass is 348 g/mol. The number of nitrogens with zero attached hydrogens (tertiary/aromatic N) is 2. The lowest BCUT2D eigenvalue weighted by Crippen LogP contribution is -2.54. The Morgan fingerprint density at radius 1 is 0.880 bits per heavy atom. The van der Waals surface area contributed by atoms with Crippen LogP contribution in [0.4, 0.5) is 18.9 Å². The normalized spacial score (nSPS) is 15.6. The molecule has 0 atom stereocenters. The first-order valence-electron chi connectivity index (χ1n) is 7.68. The van der Waals surface area contributed by atoms with Crippen LogP contribution in [0.2, 0.25) is 0 Å². The zero-order valence-electron chi connectivity index (χ0n) is 13.2. The van der Waals surface area contributed by atoms with Gasteiger partial charge in [0.1, 0.15) is 0 Å². The number of rotatable bonds is 3. The minimum Gasteiger partial charge on any atom is -0.328 e. The SMILES string of the molecule is O=C1C(=O)N(c2ccccc2)CCN1Cc1cccc(C(F)(F)F)c1. The van der Waals surface area contributed by atoms with Gasteiger partial charge in [-0.15, -0.1) is 0 Å². The van der Waals surface area contributed by atoms with Crippen LogP contribution < -0.4 is 4.90 Å². The van der Waals surface area contributed by atoms with Gasteiger partial charge >= 0.3 is 18.0 Å². The Bertz CT molecular complexity index is 790. The fourth-order valence-electron chi connectivity index (χ4n) is 2.75. The molecule has 0 bridgehead atoms. The molecule has 1 aliphatic heterocycles. The molecule has 2 amide bonds. The summed E-state index contributed by atoms with van der Waals surface area (Å²) in [6, 6.07) is 13.6. The molecule has 1 aliphatic rings. The van der Waals surface area contributed by atoms with Gasteiger partial charge in [0, 0.05) is 25.3 Å². The minimum absolute atomic E-state index is 0.0306. The van der Waals surface area contributed by atoms with E-state index in [0.29, 0.717) is 17.8 Å². The van der Waals surface area contributed by atoms with Crippen molar-refractivity contribution in [3.63, 3.8) is 0 Å². The molecule has 1 saturated heterocycles. The van der Waals surface area contributed by atoms with Gasteiger partial charge in [0.15, 0.2) is 0 Å². The van der Waals surface area contributed by atoms with Gasteiger partial charge in [0.2, 0.25) is 0 Å². The van der Waals surface area contributed by atoms with Crippen molar-refractivity contribution in [3.8, 4) is 0 Å². The van der Waals surface area contributed by atoms with Crippen molar-refractivity contribution in [2.45, 2.75) is 12.7 Å². The summed E-state index contributed by atoms with van der Waals surface area (Å²) in [6.07, 6.45) is -4.44. The van der Waals surface area contributed by atoms with Crippen LogP contribution in [0.1, 0.15) is 11.1 Å². The molecule has 1 heterocycles. The summed E-state index contributed by atoms with van der Waals surface area (Å²) < 4.78 is 38.3. The number of hydrogen-bond donors (Lipinski definition) is 0. The first kappa shape index (κ1) is 17.0. The van der Waals surface area contributed by atoms with E-state index in [-0.39, 0.29) is 13.1 Å². The molecule has 2 aromatic rings. The maximum atomic E-state index is 12.8. The predicted molar refractivity (Wildman–Crippen MR) is 85.7 cm³/mol. The van der Waals surface area contributed by atoms with E-state index in [4.69, 9.17) is 0 Å². The number of halogens is 3. The quantitative estimate of drug-likeness (QED) is 0.800. The summed E-state index contributed by atoms with van der Waals surface area (Å²) in [6.45, 7) is 0.528. The Balaban J connectivity index is 1.74. The van der Waals surface area contributed by atoms with Crippen LogP contribution >= 0.6 is 0 Å². The largest absolute Gasteiger partial charge is 0.416 e. The second-order valence-corrected chi connectivity index (χ2v) is 5.72. The van der Waals surface area contributed by atoms with E-state index in [9.17, 15) is 22.8 Å². The van der Waals surface area contributed by atoms with Crippen LogP contribution in [0.5, 0.6) is 0 Å². The number of amides is 2. The molecule has 0 aromatic heterocycles. The van der Waals surface area contributed by atoms with E-state index in [1.807, 2.05) is 0 Å². The summed E-state index contributed by atoms with van der Waals surface area (Å²) in [4.78, 5) is 27.3. The van der Waals surface area contributed by atoms with Gasteiger partial charge in [0.05, 0.1) is 5.56 Å². The molecule has 0 N–H and O–H groups in total. The zero-order valence-corrected chi connectivity index (χ0v) is 13.2. The highest BCUT2D eigenvalue weighted by molar-refractivity contribution is 6.40. The molecule has 7 heteroatoms. The van der Waals surface area contributed by atoms with Crippen LogP contribution in [-0.4, -0.2) is 29.8 Å². The standard InChI is InChI=1S/C18H15F3N2O2/c19-18(20,21)14-6-4-5-13(11-14)12-22-9-10-23(17(25)16(22)24)15-7-2-1-3-8-15/h1-8,11H,9-10,12H2. The molecule has 2 aromatic carbocycles. The predicted octanol–water partition coefficient (Wildman–Crippen LogP) is 3.08. The van der Waals surface area contributed by atoms with Crippen LogP contribution in [-0.2, 0) is 22.3 Å². The Kier molecular flexibility index (Phi) is 4.48. The zero-order chi connectivity index (χ0) is 18.0. The lowest BCUT2D eigenvalue weighted by Gasteiger charge is -2.33. The summed E-state index contributed by atoms with van der Waals surface area (Å²) in [5, 5.41) is 0. The Morgan fingerprint density at radius 3 is 2.28 bits per heavy atom. The van der Waals surface area contributed by atoms with Gasteiger partial charge in [-0.2, -0.15) is 13.2 Å². The van der Waals surface area contributed by atoms with Crippen molar-refractivity contribution < 1.29 is 22.8 Å². The van der Waals surface area contributed by atoms with Crippen molar-refractivity contribution in [2.24, 2.45) is 0 Å². The van der Waals surface area contributed by atoms with E-state index in [1.165, 1.54) is 21.9 Å². The molecular formula is C18H15F3N2O2. The number of piperazine rings is 1. The molecule has 25 heavy (non-hydrogen) atoms. The summed E-state index contributed by atoms with van der Waals surface area (Å²) in [5.41, 5.74) is 0.190. The molecule has 4 nitrogen and oxygen atoms in total. The molecule has 130 valence electrons. The van der Waals surface area contributed by atoms with Crippen molar-refractivity contribution in [3.05, 3.63) is 65.7 Å². The minimum atomic E-state index is -4.44. The van der Waals surface area contributed by atoms with E-state index in [1.54, 1.807) is 30.3 Å². The third kappa shape index (κ3) is 3.65. The maximum absolute atomic E-state index is 12.8. The average molecular weight is 348 g/mol. The number of carbonyl (C=O) groups is 2. The second kappa shape index (κ2) is 6.58. The maximum Gasteiger partial charge on any atom is 0.416 e.